The first-order valence-electron chi connectivity index (χ1n) is 14.5. The summed E-state index contributed by atoms with van der Waals surface area (Å²) in [5, 5.41) is 0. The lowest BCUT2D eigenvalue weighted by Gasteiger charge is -2.08. The fraction of sp³-hybridized carbons (Fsp3) is 0.105. The molecular formula is C38H36O12. The number of carbonyl (C=O) groups excluding carboxylic acids is 4. The molecule has 0 fully saturated rings. The Bertz CT molecular complexity index is 1540. The SMILES string of the molecule is C=C(C)C(=O)O/C=C/Oc1cc(/C=C/c2cc(O/C=C/OC(=O)C(=C)C)cc(O/C=C/OC(=O)C(=C)C)c2)cc(O/C=C/OC(=O)C(=C)C)c1. The van der Waals surface area contributed by atoms with Gasteiger partial charge in [0.05, 0.1) is 0 Å². The van der Waals surface area contributed by atoms with E-state index in [1.54, 1.807) is 36.4 Å². The van der Waals surface area contributed by atoms with Gasteiger partial charge in [0.2, 0.25) is 0 Å². The van der Waals surface area contributed by atoms with Crippen molar-refractivity contribution in [3.05, 3.63) is 146 Å². The quantitative estimate of drug-likeness (QED) is 0.0498. The fourth-order valence-corrected chi connectivity index (χ4v) is 3.03. The van der Waals surface area contributed by atoms with E-state index in [4.69, 9.17) is 37.9 Å². The van der Waals surface area contributed by atoms with Gasteiger partial charge in [-0.15, -0.1) is 0 Å². The molecule has 0 atom stereocenters. The molecule has 2 aromatic rings. The Kier molecular flexibility index (Phi) is 16.1. The Morgan fingerprint density at radius 1 is 0.400 bits per heavy atom. The van der Waals surface area contributed by atoms with Crippen LogP contribution in [0.1, 0.15) is 38.8 Å². The minimum atomic E-state index is -0.624. The maximum absolute atomic E-state index is 11.6. The van der Waals surface area contributed by atoms with E-state index in [1.807, 2.05) is 0 Å². The summed E-state index contributed by atoms with van der Waals surface area (Å²) in [4.78, 5) is 46.6. The number of rotatable bonds is 18. The van der Waals surface area contributed by atoms with Crippen molar-refractivity contribution in [2.75, 3.05) is 0 Å². The molecule has 12 heteroatoms. The molecule has 2 rings (SSSR count). The van der Waals surface area contributed by atoms with Crippen molar-refractivity contribution in [1.82, 2.24) is 0 Å². The van der Waals surface area contributed by atoms with Crippen LogP contribution in [0.15, 0.2) is 135 Å². The smallest absolute Gasteiger partial charge is 0.338 e. The van der Waals surface area contributed by atoms with Gasteiger partial charge in [-0.1, -0.05) is 38.5 Å². The third-order valence-corrected chi connectivity index (χ3v) is 5.41. The predicted molar refractivity (Wildman–Crippen MR) is 185 cm³/mol. The molecule has 0 bridgehead atoms. The second-order valence-corrected chi connectivity index (χ2v) is 10.1. The van der Waals surface area contributed by atoms with Gasteiger partial charge in [0.15, 0.2) is 0 Å². The summed E-state index contributed by atoms with van der Waals surface area (Å²) >= 11 is 0. The maximum atomic E-state index is 11.6. The highest BCUT2D eigenvalue weighted by Gasteiger charge is 2.06. The van der Waals surface area contributed by atoms with Gasteiger partial charge >= 0.3 is 23.9 Å². The van der Waals surface area contributed by atoms with Crippen molar-refractivity contribution in [2.24, 2.45) is 0 Å². The molecule has 0 aliphatic heterocycles. The molecule has 0 aliphatic carbocycles. The summed E-state index contributed by atoms with van der Waals surface area (Å²) in [6.07, 6.45) is 12.3. The van der Waals surface area contributed by atoms with Crippen LogP contribution in [0.5, 0.6) is 23.0 Å². The van der Waals surface area contributed by atoms with Gasteiger partial charge in [0, 0.05) is 34.4 Å². The lowest BCUT2D eigenvalue weighted by Crippen LogP contribution is -2.00. The second-order valence-electron chi connectivity index (χ2n) is 10.1. The number of hydrogen-bond acceptors (Lipinski definition) is 12. The van der Waals surface area contributed by atoms with Crippen LogP contribution in [-0.4, -0.2) is 23.9 Å². The van der Waals surface area contributed by atoms with Crippen molar-refractivity contribution < 1.29 is 57.1 Å². The predicted octanol–water partition coefficient (Wildman–Crippen LogP) is 7.73. The number of hydrogen-bond donors (Lipinski definition) is 0. The van der Waals surface area contributed by atoms with Crippen LogP contribution in [-0.2, 0) is 38.1 Å². The number of ether oxygens (including phenoxy) is 8. The topological polar surface area (TPSA) is 142 Å². The Balaban J connectivity index is 2.39. The van der Waals surface area contributed by atoms with Crippen molar-refractivity contribution in [3.8, 4) is 23.0 Å². The molecule has 0 aromatic heterocycles. The molecule has 0 unspecified atom stereocenters. The molecule has 0 aliphatic rings. The molecule has 0 N–H and O–H groups in total. The van der Waals surface area contributed by atoms with E-state index in [-0.39, 0.29) is 22.3 Å². The minimum Gasteiger partial charge on any atom is -0.462 e. The number of esters is 4. The largest absolute Gasteiger partial charge is 0.462 e. The minimum absolute atomic E-state index is 0.212. The zero-order chi connectivity index (χ0) is 37.1. The highest BCUT2D eigenvalue weighted by molar-refractivity contribution is 5.88. The van der Waals surface area contributed by atoms with E-state index in [9.17, 15) is 19.2 Å². The Hall–Kier alpha value is -6.82. The van der Waals surface area contributed by atoms with Crippen LogP contribution in [0.2, 0.25) is 0 Å². The average molecular weight is 685 g/mol. The third-order valence-electron chi connectivity index (χ3n) is 5.41. The number of benzene rings is 2. The van der Waals surface area contributed by atoms with Crippen LogP contribution >= 0.6 is 0 Å². The molecule has 2 aromatic carbocycles. The zero-order valence-corrected chi connectivity index (χ0v) is 28.0. The summed E-state index contributed by atoms with van der Waals surface area (Å²) < 4.78 is 42.0. The molecule has 0 heterocycles. The van der Waals surface area contributed by atoms with Gasteiger partial charge in [0.1, 0.15) is 73.1 Å². The third kappa shape index (κ3) is 15.2. The van der Waals surface area contributed by atoms with Crippen LogP contribution in [0.25, 0.3) is 12.2 Å². The van der Waals surface area contributed by atoms with Gasteiger partial charge < -0.3 is 37.9 Å². The summed E-state index contributed by atoms with van der Waals surface area (Å²) in [6.45, 7) is 20.1. The van der Waals surface area contributed by atoms with Gasteiger partial charge in [-0.05, 0) is 63.1 Å². The molecule has 0 saturated heterocycles. The standard InChI is InChI=1S/C38H36O12/c1-25(2)35(39)47-15-11-43-31-19-29(20-32(23-31)44-12-16-48-36(40)26(3)4)9-10-30-21-33(45-13-17-49-37(41)27(5)6)24-34(22-30)46-14-18-50-38(42)28(7)8/h9-24H,1,3,5,7H2,2,4,6,8H3/b10-9+,15-11+,16-12+,17-13+,18-14+. The van der Waals surface area contributed by atoms with E-state index in [1.165, 1.54) is 39.8 Å². The summed E-state index contributed by atoms with van der Waals surface area (Å²) in [7, 11) is 0. The highest BCUT2D eigenvalue weighted by atomic mass is 16.6. The van der Waals surface area contributed by atoms with E-state index in [0.29, 0.717) is 34.1 Å². The highest BCUT2D eigenvalue weighted by Crippen LogP contribution is 2.28. The summed E-state index contributed by atoms with van der Waals surface area (Å²) in [5.74, 6) is -1.32. The van der Waals surface area contributed by atoms with E-state index >= 15 is 0 Å². The summed E-state index contributed by atoms with van der Waals surface area (Å²) in [5.41, 5.74) is 2.02. The normalized spacial score (nSPS) is 11.0. The van der Waals surface area contributed by atoms with Crippen molar-refractivity contribution >= 4 is 36.0 Å². The van der Waals surface area contributed by atoms with Crippen LogP contribution < -0.4 is 18.9 Å². The first kappa shape index (κ1) is 39.4. The second kappa shape index (κ2) is 20.4. The molecular weight excluding hydrogens is 648 g/mol. The monoisotopic (exact) mass is 684 g/mol. The fourth-order valence-electron chi connectivity index (χ4n) is 3.03. The molecule has 50 heavy (non-hydrogen) atoms. The molecule has 260 valence electrons. The van der Waals surface area contributed by atoms with Gasteiger partial charge in [-0.2, -0.15) is 0 Å². The Labute approximate surface area is 289 Å². The Morgan fingerprint density at radius 3 is 0.820 bits per heavy atom. The molecule has 12 nitrogen and oxygen atoms in total. The molecule has 0 spiro atoms. The molecule has 0 saturated carbocycles. The average Bonchev–Trinajstić information content (AvgIpc) is 3.07. The first-order chi connectivity index (χ1) is 23.7. The van der Waals surface area contributed by atoms with Crippen molar-refractivity contribution in [2.45, 2.75) is 27.7 Å². The first-order valence-corrected chi connectivity index (χ1v) is 14.5. The van der Waals surface area contributed by atoms with E-state index < -0.39 is 23.9 Å². The van der Waals surface area contributed by atoms with E-state index in [0.717, 1.165) is 50.1 Å². The van der Waals surface area contributed by atoms with Crippen molar-refractivity contribution in [3.63, 3.8) is 0 Å². The lowest BCUT2D eigenvalue weighted by molar-refractivity contribution is -0.134. The van der Waals surface area contributed by atoms with Crippen LogP contribution in [0.4, 0.5) is 0 Å². The van der Waals surface area contributed by atoms with Gasteiger partial charge in [0.25, 0.3) is 0 Å². The maximum Gasteiger partial charge on any atom is 0.338 e. The number of carbonyl (C=O) groups is 4. The van der Waals surface area contributed by atoms with Gasteiger partial charge in [-0.3, -0.25) is 0 Å². The zero-order valence-electron chi connectivity index (χ0n) is 28.0. The molecule has 0 amide bonds. The Morgan fingerprint density at radius 2 is 0.620 bits per heavy atom. The van der Waals surface area contributed by atoms with Gasteiger partial charge in [-0.25, -0.2) is 19.2 Å². The molecule has 0 radical (unpaired) electrons. The van der Waals surface area contributed by atoms with Crippen molar-refractivity contribution in [1.29, 1.82) is 0 Å². The lowest BCUT2D eigenvalue weighted by atomic mass is 10.1. The van der Waals surface area contributed by atoms with Crippen LogP contribution in [0.3, 0.4) is 0 Å². The van der Waals surface area contributed by atoms with E-state index in [2.05, 4.69) is 26.3 Å². The van der Waals surface area contributed by atoms with Crippen LogP contribution in [0, 0.1) is 0 Å². The summed E-state index contributed by atoms with van der Waals surface area (Å²) in [6, 6.07) is 9.71.